The van der Waals surface area contributed by atoms with Gasteiger partial charge in [-0.15, -0.1) is 0 Å². The molecule has 2 fully saturated rings. The van der Waals surface area contributed by atoms with E-state index in [4.69, 9.17) is 12.2 Å². The Labute approximate surface area is 225 Å². The number of carbonyl (C=O) groups excluding carboxylic acids is 1. The second-order valence-electron chi connectivity index (χ2n) is 10.00. The van der Waals surface area contributed by atoms with E-state index in [1.807, 2.05) is 16.7 Å². The lowest BCUT2D eigenvalue weighted by Gasteiger charge is -2.45. The van der Waals surface area contributed by atoms with Crippen LogP contribution in [0.5, 0.6) is 0 Å². The van der Waals surface area contributed by atoms with Gasteiger partial charge in [0.1, 0.15) is 0 Å². The Balaban J connectivity index is 1.63. The molecule has 2 heterocycles. The molecular formula is C25H31F3N4O4S2. The molecule has 2 saturated heterocycles. The van der Waals surface area contributed by atoms with Gasteiger partial charge in [0, 0.05) is 55.7 Å². The van der Waals surface area contributed by atoms with Crippen LogP contribution in [0.4, 0.5) is 18.9 Å². The number of sulfonamides is 1. The van der Waals surface area contributed by atoms with Crippen LogP contribution in [0.15, 0.2) is 47.4 Å². The van der Waals surface area contributed by atoms with Crippen molar-refractivity contribution in [1.82, 2.24) is 14.5 Å². The monoisotopic (exact) mass is 572 g/mol. The number of amides is 1. The maximum atomic E-state index is 13.5. The van der Waals surface area contributed by atoms with Crippen LogP contribution in [0, 0.1) is 0 Å². The van der Waals surface area contributed by atoms with Crippen LogP contribution in [0.3, 0.4) is 0 Å². The summed E-state index contributed by atoms with van der Waals surface area (Å²) in [6.45, 7) is 4.20. The second kappa shape index (κ2) is 10.7. The van der Waals surface area contributed by atoms with Gasteiger partial charge in [0.15, 0.2) is 5.60 Å². The molecule has 8 nitrogen and oxygen atoms in total. The molecule has 0 saturated carbocycles. The number of hydrogen-bond donors (Lipinski definition) is 2. The first-order valence-corrected chi connectivity index (χ1v) is 14.1. The number of piperazine rings is 2. The number of anilines is 1. The largest absolute Gasteiger partial charge is 0.421 e. The van der Waals surface area contributed by atoms with E-state index in [0.717, 1.165) is 0 Å². The Morgan fingerprint density at radius 2 is 1.87 bits per heavy atom. The molecule has 3 atom stereocenters. The minimum absolute atomic E-state index is 0.0181. The van der Waals surface area contributed by atoms with Crippen LogP contribution >= 0.6 is 12.2 Å². The van der Waals surface area contributed by atoms with Crippen molar-refractivity contribution in [1.29, 1.82) is 0 Å². The third-order valence-corrected chi connectivity index (χ3v) is 9.81. The number of aliphatic hydroxyl groups is 1. The first-order chi connectivity index (χ1) is 17.7. The smallest absolute Gasteiger partial charge is 0.376 e. The predicted octanol–water partition coefficient (Wildman–Crippen LogP) is 2.31. The lowest BCUT2D eigenvalue weighted by atomic mass is 9.95. The zero-order valence-electron chi connectivity index (χ0n) is 21.1. The number of nitrogens with one attached hydrogen (secondary N) is 1. The lowest BCUT2D eigenvalue weighted by Crippen LogP contribution is -2.62. The molecule has 0 spiro atoms. The number of benzene rings is 1. The van der Waals surface area contributed by atoms with Crippen molar-refractivity contribution >= 4 is 38.7 Å². The number of nitrogens with zero attached hydrogens (tertiary/aromatic N) is 3. The highest BCUT2D eigenvalue weighted by atomic mass is 32.2. The number of carbonyl (C=O) groups is 1. The van der Waals surface area contributed by atoms with Crippen molar-refractivity contribution in [3.05, 3.63) is 53.0 Å². The molecule has 1 aromatic rings. The standard InChI is InChI=1S/C25H31F3N4O4S2/c1-17-13-29-23(33)16-30(17)14-20-15-31(38(35,36)22-6-4-3-5-21(22)37)11-12-32(20)19-9-7-18(8-10-19)24(2,34)25(26,27)28/h3-4,6-10,17,20,34H,5,11-16H2,1-2H3,(H,29,33)/t17-,20+,24-/m1/s1. The number of rotatable bonds is 6. The van der Waals surface area contributed by atoms with Gasteiger partial charge < -0.3 is 15.3 Å². The molecule has 0 bridgehead atoms. The van der Waals surface area contributed by atoms with Gasteiger partial charge in [-0.1, -0.05) is 36.5 Å². The highest BCUT2D eigenvalue weighted by molar-refractivity contribution is 7.96. The number of allylic oxidation sites excluding steroid dienone is 4. The van der Waals surface area contributed by atoms with Gasteiger partial charge in [-0.05, 0) is 37.6 Å². The number of halogens is 3. The fraction of sp³-hybridized carbons (Fsp3) is 0.520. The maximum Gasteiger partial charge on any atom is 0.421 e. The predicted molar refractivity (Wildman–Crippen MR) is 142 cm³/mol. The van der Waals surface area contributed by atoms with Gasteiger partial charge in [0.05, 0.1) is 17.5 Å². The number of hydrogen-bond acceptors (Lipinski definition) is 7. The van der Waals surface area contributed by atoms with Crippen LogP contribution < -0.4 is 10.2 Å². The van der Waals surface area contributed by atoms with Crippen LogP contribution in [0.2, 0.25) is 0 Å². The average Bonchev–Trinajstić information content (AvgIpc) is 2.86. The van der Waals surface area contributed by atoms with Crippen molar-refractivity contribution in [2.45, 2.75) is 44.1 Å². The summed E-state index contributed by atoms with van der Waals surface area (Å²) in [7, 11) is -3.86. The molecule has 4 rings (SSSR count). The molecule has 1 amide bonds. The molecular weight excluding hydrogens is 541 g/mol. The molecule has 0 unspecified atom stereocenters. The highest BCUT2D eigenvalue weighted by Crippen LogP contribution is 2.39. The van der Waals surface area contributed by atoms with E-state index in [2.05, 4.69) is 5.32 Å². The van der Waals surface area contributed by atoms with Crippen LogP contribution in [0.25, 0.3) is 0 Å². The quantitative estimate of drug-likeness (QED) is 0.506. The Morgan fingerprint density at radius 3 is 2.50 bits per heavy atom. The van der Waals surface area contributed by atoms with E-state index in [1.54, 1.807) is 12.2 Å². The SMILES string of the molecule is C[C@@H]1CNC(=O)CN1C[C@H]1CN(S(=O)(=O)C2=CC=CCC2=S)CCN1c1ccc([C@@](C)(O)C(F)(F)F)cc1. The number of alkyl halides is 3. The fourth-order valence-corrected chi connectivity index (χ4v) is 6.95. The topological polar surface area (TPSA) is 93.2 Å². The van der Waals surface area contributed by atoms with E-state index >= 15 is 0 Å². The molecule has 2 N–H and O–H groups in total. The van der Waals surface area contributed by atoms with E-state index in [9.17, 15) is 31.5 Å². The zero-order chi connectivity index (χ0) is 27.9. The summed E-state index contributed by atoms with van der Waals surface area (Å²) in [6.07, 6.45) is 0.501. The molecule has 38 heavy (non-hydrogen) atoms. The average molecular weight is 573 g/mol. The normalized spacial score (nSPS) is 25.6. The molecule has 3 aliphatic rings. The molecule has 2 aliphatic heterocycles. The van der Waals surface area contributed by atoms with E-state index in [1.165, 1.54) is 34.6 Å². The van der Waals surface area contributed by atoms with Crippen LogP contribution in [0.1, 0.15) is 25.8 Å². The minimum Gasteiger partial charge on any atom is -0.376 e. The Kier molecular flexibility index (Phi) is 8.06. The third-order valence-electron chi connectivity index (χ3n) is 7.35. The van der Waals surface area contributed by atoms with Crippen molar-refractivity contribution < 1.29 is 31.5 Å². The van der Waals surface area contributed by atoms with Crippen LogP contribution in [-0.2, 0) is 20.4 Å². The van der Waals surface area contributed by atoms with Gasteiger partial charge in [-0.2, -0.15) is 17.5 Å². The molecule has 1 aliphatic carbocycles. The van der Waals surface area contributed by atoms with Crippen LogP contribution in [-0.4, -0.2) is 91.0 Å². The van der Waals surface area contributed by atoms with Crippen molar-refractivity contribution in [2.24, 2.45) is 0 Å². The van der Waals surface area contributed by atoms with Crippen molar-refractivity contribution in [3.63, 3.8) is 0 Å². The summed E-state index contributed by atoms with van der Waals surface area (Å²) in [5, 5.41) is 12.8. The van der Waals surface area contributed by atoms with Gasteiger partial charge >= 0.3 is 6.18 Å². The second-order valence-corrected chi connectivity index (χ2v) is 12.4. The highest BCUT2D eigenvalue weighted by Gasteiger charge is 2.51. The van der Waals surface area contributed by atoms with Gasteiger partial charge in [0.25, 0.3) is 0 Å². The van der Waals surface area contributed by atoms with Gasteiger partial charge in [0.2, 0.25) is 15.9 Å². The molecule has 208 valence electrons. The summed E-state index contributed by atoms with van der Waals surface area (Å²) in [5.41, 5.74) is -2.70. The summed E-state index contributed by atoms with van der Waals surface area (Å²) >= 11 is 5.31. The lowest BCUT2D eigenvalue weighted by molar-refractivity contribution is -0.258. The number of thiocarbonyl (C=S) groups is 1. The summed E-state index contributed by atoms with van der Waals surface area (Å²) in [5.74, 6) is -0.127. The molecule has 0 aromatic heterocycles. The third kappa shape index (κ3) is 5.67. The van der Waals surface area contributed by atoms with Crippen molar-refractivity contribution in [2.75, 3.05) is 44.2 Å². The minimum atomic E-state index is -4.84. The van der Waals surface area contributed by atoms with Crippen molar-refractivity contribution in [3.8, 4) is 0 Å². The maximum absolute atomic E-state index is 13.5. The fourth-order valence-electron chi connectivity index (χ4n) is 4.88. The summed E-state index contributed by atoms with van der Waals surface area (Å²) in [6, 6.07) is 5.10. The van der Waals surface area contributed by atoms with E-state index < -0.39 is 27.8 Å². The van der Waals surface area contributed by atoms with E-state index in [-0.39, 0.29) is 48.6 Å². The first-order valence-electron chi connectivity index (χ1n) is 12.3. The molecule has 1 aromatic carbocycles. The Bertz CT molecular complexity index is 1250. The van der Waals surface area contributed by atoms with Gasteiger partial charge in [-0.3, -0.25) is 9.69 Å². The van der Waals surface area contributed by atoms with Gasteiger partial charge in [-0.25, -0.2) is 8.42 Å². The molecule has 0 radical (unpaired) electrons. The van der Waals surface area contributed by atoms with E-state index in [0.29, 0.717) is 37.0 Å². The Morgan fingerprint density at radius 1 is 1.18 bits per heavy atom. The first kappa shape index (κ1) is 28.7. The molecule has 13 heteroatoms. The Hall–Kier alpha value is -2.32. The summed E-state index contributed by atoms with van der Waals surface area (Å²) < 4.78 is 68.4. The zero-order valence-corrected chi connectivity index (χ0v) is 22.7. The summed E-state index contributed by atoms with van der Waals surface area (Å²) in [4.78, 5) is 16.4.